The molecule has 8 nitrogen and oxygen atoms in total. The molecule has 4 rings (SSSR count). The number of imide groups is 1. The van der Waals surface area contributed by atoms with Crippen LogP contribution < -0.4 is 19.7 Å². The van der Waals surface area contributed by atoms with Crippen LogP contribution >= 0.6 is 0 Å². The summed E-state index contributed by atoms with van der Waals surface area (Å²) in [7, 11) is 0. The lowest BCUT2D eigenvalue weighted by Gasteiger charge is -2.20. The second-order valence-electron chi connectivity index (χ2n) is 8.33. The van der Waals surface area contributed by atoms with Crippen molar-refractivity contribution >= 4 is 17.8 Å². The number of nitrogens with one attached hydrogen (secondary N) is 1. The van der Waals surface area contributed by atoms with Gasteiger partial charge < -0.3 is 14.8 Å². The Labute approximate surface area is 169 Å². The van der Waals surface area contributed by atoms with Crippen LogP contribution in [0.3, 0.4) is 0 Å². The molecule has 0 saturated carbocycles. The SMILES string of the molecule is CC[C@@]1(C)NC(=O)N(c2cnc(Oc3ccc(C)c4c3C(C)(C)CO4)cn2)C1=O. The number of fused-ring (bicyclic) bond motifs is 1. The molecule has 2 aromatic rings. The number of anilines is 1. The third-order valence-corrected chi connectivity index (χ3v) is 5.60. The van der Waals surface area contributed by atoms with E-state index in [-0.39, 0.29) is 23.0 Å². The van der Waals surface area contributed by atoms with Crippen LogP contribution in [-0.4, -0.2) is 34.1 Å². The summed E-state index contributed by atoms with van der Waals surface area (Å²) in [4.78, 5) is 34.4. The van der Waals surface area contributed by atoms with Crippen molar-refractivity contribution in [3.05, 3.63) is 35.7 Å². The van der Waals surface area contributed by atoms with Crippen molar-refractivity contribution in [1.82, 2.24) is 15.3 Å². The first-order valence-corrected chi connectivity index (χ1v) is 9.60. The van der Waals surface area contributed by atoms with Gasteiger partial charge in [0.15, 0.2) is 5.82 Å². The monoisotopic (exact) mass is 396 g/mol. The Morgan fingerprint density at radius 2 is 1.97 bits per heavy atom. The molecule has 0 aliphatic carbocycles. The first kappa shape index (κ1) is 19.2. The quantitative estimate of drug-likeness (QED) is 0.796. The van der Waals surface area contributed by atoms with Crippen LogP contribution in [0.5, 0.6) is 17.4 Å². The van der Waals surface area contributed by atoms with Crippen LogP contribution in [0.25, 0.3) is 0 Å². The van der Waals surface area contributed by atoms with Gasteiger partial charge in [0.2, 0.25) is 5.88 Å². The lowest BCUT2D eigenvalue weighted by Crippen LogP contribution is -2.43. The summed E-state index contributed by atoms with van der Waals surface area (Å²) in [5, 5.41) is 2.70. The molecule has 0 bridgehead atoms. The van der Waals surface area contributed by atoms with Gasteiger partial charge in [0.1, 0.15) is 17.0 Å². The van der Waals surface area contributed by atoms with Crippen LogP contribution in [0.2, 0.25) is 0 Å². The van der Waals surface area contributed by atoms with Gasteiger partial charge in [0.25, 0.3) is 5.91 Å². The summed E-state index contributed by atoms with van der Waals surface area (Å²) in [6.07, 6.45) is 3.26. The van der Waals surface area contributed by atoms with Crippen molar-refractivity contribution in [2.75, 3.05) is 11.5 Å². The number of aryl methyl sites for hydroxylation is 1. The molecule has 1 aromatic carbocycles. The highest BCUT2D eigenvalue weighted by atomic mass is 16.5. The molecular formula is C21H24N4O4. The maximum absolute atomic E-state index is 12.6. The molecule has 29 heavy (non-hydrogen) atoms. The van der Waals surface area contributed by atoms with Crippen LogP contribution in [0.15, 0.2) is 24.5 Å². The fourth-order valence-corrected chi connectivity index (χ4v) is 3.63. The number of aromatic nitrogens is 2. The molecule has 0 unspecified atom stereocenters. The van der Waals surface area contributed by atoms with Gasteiger partial charge in [-0.2, -0.15) is 0 Å². The molecule has 0 spiro atoms. The third kappa shape index (κ3) is 2.99. The normalized spacial score (nSPS) is 22.3. The number of carbonyl (C=O) groups is 2. The minimum absolute atomic E-state index is 0.162. The van der Waals surface area contributed by atoms with Crippen LogP contribution in [-0.2, 0) is 10.2 Å². The average molecular weight is 396 g/mol. The standard InChI is InChI=1S/C21H24N4O4/c1-6-21(5)18(26)25(19(27)24-21)14-9-23-15(10-22-14)29-13-8-7-12(2)17-16(13)20(3,4)11-28-17/h7-10H,6,11H2,1-5H3,(H,24,27)/t21-/m1/s1. The van der Waals surface area contributed by atoms with Gasteiger partial charge >= 0.3 is 6.03 Å². The first-order valence-electron chi connectivity index (χ1n) is 9.60. The fourth-order valence-electron chi connectivity index (χ4n) is 3.63. The largest absolute Gasteiger partial charge is 0.492 e. The Morgan fingerprint density at radius 1 is 1.21 bits per heavy atom. The Hall–Kier alpha value is -3.16. The smallest absolute Gasteiger partial charge is 0.330 e. The van der Waals surface area contributed by atoms with Gasteiger partial charge in [0.05, 0.1) is 19.0 Å². The molecule has 1 atom stereocenters. The average Bonchev–Trinajstić information content (AvgIpc) is 3.12. The predicted octanol–water partition coefficient (Wildman–Crippen LogP) is 3.47. The van der Waals surface area contributed by atoms with Gasteiger partial charge in [-0.05, 0) is 31.9 Å². The zero-order valence-electron chi connectivity index (χ0n) is 17.2. The highest BCUT2D eigenvalue weighted by Gasteiger charge is 2.48. The van der Waals surface area contributed by atoms with E-state index in [1.807, 2.05) is 26.0 Å². The predicted molar refractivity (Wildman–Crippen MR) is 107 cm³/mol. The summed E-state index contributed by atoms with van der Waals surface area (Å²) in [6, 6.07) is 3.33. The zero-order chi connectivity index (χ0) is 21.0. The molecule has 2 aliphatic rings. The number of ether oxygens (including phenoxy) is 2. The highest BCUT2D eigenvalue weighted by Crippen LogP contribution is 2.47. The second kappa shape index (κ2) is 6.43. The Kier molecular flexibility index (Phi) is 4.25. The van der Waals surface area contributed by atoms with E-state index >= 15 is 0 Å². The van der Waals surface area contributed by atoms with E-state index in [9.17, 15) is 9.59 Å². The van der Waals surface area contributed by atoms with E-state index in [1.54, 1.807) is 6.92 Å². The lowest BCUT2D eigenvalue weighted by atomic mass is 9.85. The van der Waals surface area contributed by atoms with Gasteiger partial charge in [-0.3, -0.25) is 4.79 Å². The minimum atomic E-state index is -0.929. The lowest BCUT2D eigenvalue weighted by molar-refractivity contribution is -0.121. The number of hydrogen-bond acceptors (Lipinski definition) is 6. The molecule has 2 aliphatic heterocycles. The number of urea groups is 1. The summed E-state index contributed by atoms with van der Waals surface area (Å²) in [5.41, 5.74) is 0.935. The Morgan fingerprint density at radius 3 is 2.59 bits per heavy atom. The molecule has 8 heteroatoms. The van der Waals surface area contributed by atoms with Crippen LogP contribution in [0.4, 0.5) is 10.6 Å². The fraction of sp³-hybridized carbons (Fsp3) is 0.429. The zero-order valence-corrected chi connectivity index (χ0v) is 17.2. The third-order valence-electron chi connectivity index (χ3n) is 5.60. The van der Waals surface area contributed by atoms with Gasteiger partial charge in [-0.15, -0.1) is 0 Å². The number of benzene rings is 1. The molecular weight excluding hydrogens is 372 g/mol. The maximum atomic E-state index is 12.6. The minimum Gasteiger partial charge on any atom is -0.492 e. The van der Waals surface area contributed by atoms with Gasteiger partial charge in [-0.25, -0.2) is 19.7 Å². The highest BCUT2D eigenvalue weighted by molar-refractivity contribution is 6.22. The topological polar surface area (TPSA) is 93.7 Å². The molecule has 3 heterocycles. The number of rotatable bonds is 4. The van der Waals surface area contributed by atoms with Crippen LogP contribution in [0, 0.1) is 6.92 Å². The summed E-state index contributed by atoms with van der Waals surface area (Å²) >= 11 is 0. The number of amides is 3. The molecule has 1 aromatic heterocycles. The van der Waals surface area contributed by atoms with Crippen molar-refractivity contribution in [3.63, 3.8) is 0 Å². The van der Waals surface area contributed by atoms with Crippen molar-refractivity contribution in [2.24, 2.45) is 0 Å². The first-order chi connectivity index (χ1) is 13.7. The molecule has 0 radical (unpaired) electrons. The van der Waals surface area contributed by atoms with Gasteiger partial charge in [-0.1, -0.05) is 26.8 Å². The second-order valence-corrected chi connectivity index (χ2v) is 8.33. The van der Waals surface area contributed by atoms with E-state index in [2.05, 4.69) is 29.1 Å². The van der Waals surface area contributed by atoms with Crippen molar-refractivity contribution in [2.45, 2.75) is 52.0 Å². The maximum Gasteiger partial charge on any atom is 0.330 e. The van der Waals surface area contributed by atoms with E-state index in [1.165, 1.54) is 12.4 Å². The molecule has 1 N–H and O–H groups in total. The van der Waals surface area contributed by atoms with Crippen molar-refractivity contribution < 1.29 is 19.1 Å². The van der Waals surface area contributed by atoms with E-state index < -0.39 is 11.6 Å². The van der Waals surface area contributed by atoms with E-state index in [0.717, 1.165) is 21.8 Å². The van der Waals surface area contributed by atoms with Gasteiger partial charge in [0, 0.05) is 11.0 Å². The van der Waals surface area contributed by atoms with Crippen molar-refractivity contribution in [1.29, 1.82) is 0 Å². The number of hydrogen-bond donors (Lipinski definition) is 1. The Bertz CT molecular complexity index is 1000. The Balaban J connectivity index is 1.61. The number of nitrogens with zero attached hydrogens (tertiary/aromatic N) is 3. The van der Waals surface area contributed by atoms with Crippen LogP contribution in [0.1, 0.15) is 45.2 Å². The number of carbonyl (C=O) groups excluding carboxylic acids is 2. The summed E-state index contributed by atoms with van der Waals surface area (Å²) in [5.74, 6) is 1.59. The summed E-state index contributed by atoms with van der Waals surface area (Å²) < 4.78 is 11.8. The molecule has 3 amide bonds. The molecule has 152 valence electrons. The van der Waals surface area contributed by atoms with Crippen molar-refractivity contribution in [3.8, 4) is 17.4 Å². The van der Waals surface area contributed by atoms with E-state index in [4.69, 9.17) is 9.47 Å². The molecule has 1 fully saturated rings. The molecule has 1 saturated heterocycles. The van der Waals surface area contributed by atoms with E-state index in [0.29, 0.717) is 18.8 Å². The summed E-state index contributed by atoms with van der Waals surface area (Å²) in [6.45, 7) is 10.3.